The minimum atomic E-state index is 0.756. The van der Waals surface area contributed by atoms with E-state index in [0.717, 1.165) is 54.5 Å². The van der Waals surface area contributed by atoms with Crippen molar-refractivity contribution < 1.29 is 4.74 Å². The summed E-state index contributed by atoms with van der Waals surface area (Å²) in [7, 11) is 0. The van der Waals surface area contributed by atoms with Crippen LogP contribution in [-0.2, 0) is 4.74 Å². The van der Waals surface area contributed by atoms with Gasteiger partial charge in [-0.15, -0.1) is 11.8 Å². The van der Waals surface area contributed by atoms with Crippen LogP contribution in [0.2, 0.25) is 0 Å². The van der Waals surface area contributed by atoms with E-state index in [9.17, 15) is 5.26 Å². The van der Waals surface area contributed by atoms with Crippen LogP contribution in [0.3, 0.4) is 0 Å². The number of ether oxygens (including phenoxy) is 1. The molecule has 1 N–H and O–H groups in total. The molecule has 0 radical (unpaired) electrons. The summed E-state index contributed by atoms with van der Waals surface area (Å²) in [4.78, 5) is 1.05. The first-order chi connectivity index (χ1) is 9.83. The molecular weight excluding hydrogens is 268 g/mol. The van der Waals surface area contributed by atoms with E-state index in [1.807, 2.05) is 18.2 Å². The average Bonchev–Trinajstić information content (AvgIpc) is 2.47. The Morgan fingerprint density at radius 2 is 2.05 bits per heavy atom. The van der Waals surface area contributed by atoms with Crippen LogP contribution in [0.1, 0.15) is 38.7 Å². The van der Waals surface area contributed by atoms with Crippen molar-refractivity contribution in [1.29, 1.82) is 5.26 Å². The van der Waals surface area contributed by atoms with Gasteiger partial charge in [0.05, 0.1) is 11.3 Å². The summed E-state index contributed by atoms with van der Waals surface area (Å²) in [6.07, 6.45) is 3.26. The lowest BCUT2D eigenvalue weighted by atomic mass is 10.2. The smallest absolute Gasteiger partial charge is 0.102 e. The number of hydrogen-bond acceptors (Lipinski definition) is 4. The second-order valence-electron chi connectivity index (χ2n) is 4.47. The summed E-state index contributed by atoms with van der Waals surface area (Å²) in [5.41, 5.74) is 1.69. The zero-order chi connectivity index (χ0) is 14.6. The predicted molar refractivity (Wildman–Crippen MR) is 86.4 cm³/mol. The Morgan fingerprint density at radius 3 is 2.75 bits per heavy atom. The zero-order valence-corrected chi connectivity index (χ0v) is 13.3. The predicted octanol–water partition coefficient (Wildman–Crippen LogP) is 4.29. The quantitative estimate of drug-likeness (QED) is 0.516. The molecule has 0 spiro atoms. The molecule has 0 aliphatic heterocycles. The number of rotatable bonds is 10. The Balaban J connectivity index is 2.40. The largest absolute Gasteiger partial charge is 0.384 e. The fraction of sp³-hybridized carbons (Fsp3) is 0.562. The van der Waals surface area contributed by atoms with Crippen molar-refractivity contribution in [1.82, 2.24) is 0 Å². The molecular formula is C16H24N2OS. The second kappa shape index (κ2) is 10.6. The molecule has 20 heavy (non-hydrogen) atoms. The molecule has 0 saturated heterocycles. The second-order valence-corrected chi connectivity index (χ2v) is 5.78. The summed E-state index contributed by atoms with van der Waals surface area (Å²) in [6, 6.07) is 8.28. The highest BCUT2D eigenvalue weighted by molar-refractivity contribution is 7.99. The van der Waals surface area contributed by atoms with Crippen molar-refractivity contribution in [2.75, 3.05) is 30.8 Å². The van der Waals surface area contributed by atoms with Gasteiger partial charge in [0, 0.05) is 24.7 Å². The molecule has 0 amide bonds. The maximum absolute atomic E-state index is 9.30. The summed E-state index contributed by atoms with van der Waals surface area (Å²) in [5, 5.41) is 12.6. The molecule has 0 fully saturated rings. The van der Waals surface area contributed by atoms with E-state index >= 15 is 0 Å². The third-order valence-corrected chi connectivity index (χ3v) is 3.80. The number of nitriles is 1. The van der Waals surface area contributed by atoms with E-state index in [2.05, 4.69) is 25.2 Å². The number of hydrogen-bond donors (Lipinski definition) is 1. The average molecular weight is 292 g/mol. The van der Waals surface area contributed by atoms with Gasteiger partial charge in [-0.25, -0.2) is 0 Å². The Hall–Kier alpha value is -1.18. The van der Waals surface area contributed by atoms with Crippen LogP contribution in [-0.4, -0.2) is 25.5 Å². The summed E-state index contributed by atoms with van der Waals surface area (Å²) in [5.74, 6) is 0.976. The van der Waals surface area contributed by atoms with Crippen LogP contribution in [0.25, 0.3) is 0 Å². The molecule has 0 atom stereocenters. The van der Waals surface area contributed by atoms with E-state index in [4.69, 9.17) is 4.74 Å². The van der Waals surface area contributed by atoms with Gasteiger partial charge in [0.1, 0.15) is 6.07 Å². The van der Waals surface area contributed by atoms with Gasteiger partial charge in [-0.05, 0) is 30.7 Å². The highest BCUT2D eigenvalue weighted by Crippen LogP contribution is 2.27. The molecule has 4 heteroatoms. The van der Waals surface area contributed by atoms with Crippen LogP contribution in [0.4, 0.5) is 5.69 Å². The number of benzene rings is 1. The third kappa shape index (κ3) is 5.85. The van der Waals surface area contributed by atoms with Crippen LogP contribution in [0.15, 0.2) is 23.1 Å². The standard InChI is InChI=1S/C16H24N2OS/c1-3-5-11-19-12-7-10-18-15-8-6-9-16(20-4-2)14(15)13-17/h6,8-9,18H,3-5,7,10-12H2,1-2H3. The van der Waals surface area contributed by atoms with Gasteiger partial charge in [-0.1, -0.05) is 26.3 Å². The fourth-order valence-electron chi connectivity index (χ4n) is 1.82. The molecule has 110 valence electrons. The molecule has 1 aromatic carbocycles. The monoisotopic (exact) mass is 292 g/mol. The fourth-order valence-corrected chi connectivity index (χ4v) is 2.60. The van der Waals surface area contributed by atoms with E-state index in [0.29, 0.717) is 0 Å². The molecule has 1 aromatic rings. The minimum absolute atomic E-state index is 0.756. The third-order valence-electron chi connectivity index (χ3n) is 2.86. The number of anilines is 1. The van der Waals surface area contributed by atoms with E-state index in [-0.39, 0.29) is 0 Å². The minimum Gasteiger partial charge on any atom is -0.384 e. The molecule has 0 aliphatic rings. The Labute approximate surface area is 126 Å². The van der Waals surface area contributed by atoms with Gasteiger partial charge in [0.25, 0.3) is 0 Å². The topological polar surface area (TPSA) is 45.0 Å². The van der Waals surface area contributed by atoms with Gasteiger partial charge in [-0.2, -0.15) is 5.26 Å². The van der Waals surface area contributed by atoms with Crippen molar-refractivity contribution >= 4 is 17.4 Å². The number of nitrogens with one attached hydrogen (secondary N) is 1. The molecule has 0 aliphatic carbocycles. The van der Waals surface area contributed by atoms with Gasteiger partial charge < -0.3 is 10.1 Å². The van der Waals surface area contributed by atoms with Crippen LogP contribution < -0.4 is 5.32 Å². The molecule has 0 aromatic heterocycles. The van der Waals surface area contributed by atoms with Crippen molar-refractivity contribution in [3.63, 3.8) is 0 Å². The number of nitrogens with zero attached hydrogens (tertiary/aromatic N) is 1. The van der Waals surface area contributed by atoms with Gasteiger partial charge in [-0.3, -0.25) is 0 Å². The lowest BCUT2D eigenvalue weighted by Gasteiger charge is -2.11. The first kappa shape index (κ1) is 16.9. The van der Waals surface area contributed by atoms with Crippen LogP contribution >= 0.6 is 11.8 Å². The Kier molecular flexibility index (Phi) is 8.93. The Morgan fingerprint density at radius 1 is 1.25 bits per heavy atom. The summed E-state index contributed by atoms with van der Waals surface area (Å²) in [6.45, 7) is 6.72. The van der Waals surface area contributed by atoms with Crippen molar-refractivity contribution in [3.8, 4) is 6.07 Å². The van der Waals surface area contributed by atoms with Crippen molar-refractivity contribution in [2.45, 2.75) is 38.0 Å². The SMILES string of the molecule is CCCCOCCCNc1cccc(SCC)c1C#N. The zero-order valence-electron chi connectivity index (χ0n) is 12.4. The van der Waals surface area contributed by atoms with Crippen LogP contribution in [0.5, 0.6) is 0 Å². The molecule has 0 unspecified atom stereocenters. The van der Waals surface area contributed by atoms with Gasteiger partial charge >= 0.3 is 0 Å². The van der Waals surface area contributed by atoms with E-state index < -0.39 is 0 Å². The van der Waals surface area contributed by atoms with Crippen molar-refractivity contribution in [2.24, 2.45) is 0 Å². The molecule has 3 nitrogen and oxygen atoms in total. The van der Waals surface area contributed by atoms with E-state index in [1.165, 1.54) is 6.42 Å². The maximum atomic E-state index is 9.30. The van der Waals surface area contributed by atoms with Gasteiger partial charge in [0.15, 0.2) is 0 Å². The highest BCUT2D eigenvalue weighted by Gasteiger charge is 2.07. The van der Waals surface area contributed by atoms with Crippen LogP contribution in [0, 0.1) is 11.3 Å². The van der Waals surface area contributed by atoms with E-state index in [1.54, 1.807) is 11.8 Å². The Bertz CT molecular complexity index is 429. The highest BCUT2D eigenvalue weighted by atomic mass is 32.2. The molecule has 0 heterocycles. The maximum Gasteiger partial charge on any atom is 0.102 e. The van der Waals surface area contributed by atoms with Crippen molar-refractivity contribution in [3.05, 3.63) is 23.8 Å². The normalized spacial score (nSPS) is 10.2. The van der Waals surface area contributed by atoms with Gasteiger partial charge in [0.2, 0.25) is 0 Å². The molecule has 0 saturated carbocycles. The first-order valence-corrected chi connectivity index (χ1v) is 8.29. The number of thioether (sulfide) groups is 1. The molecule has 0 bridgehead atoms. The summed E-state index contributed by atoms with van der Waals surface area (Å²) < 4.78 is 5.52. The number of unbranched alkanes of at least 4 members (excludes halogenated alkanes) is 1. The lowest BCUT2D eigenvalue weighted by Crippen LogP contribution is -2.07. The lowest BCUT2D eigenvalue weighted by molar-refractivity contribution is 0.131. The first-order valence-electron chi connectivity index (χ1n) is 7.31. The molecule has 1 rings (SSSR count). The summed E-state index contributed by atoms with van der Waals surface area (Å²) >= 11 is 1.71.